The van der Waals surface area contributed by atoms with Gasteiger partial charge in [0.2, 0.25) is 5.91 Å². The average Bonchev–Trinajstić information content (AvgIpc) is 3.04. The van der Waals surface area contributed by atoms with E-state index in [0.717, 1.165) is 55.3 Å². The van der Waals surface area contributed by atoms with Crippen LogP contribution in [0.3, 0.4) is 0 Å². The highest BCUT2D eigenvalue weighted by atomic mass is 19.1. The Bertz CT molecular complexity index is 785. The number of rotatable bonds is 3. The fourth-order valence-corrected chi connectivity index (χ4v) is 4.51. The lowest BCUT2D eigenvalue weighted by atomic mass is 9.79. The molecule has 7 nitrogen and oxygen atoms in total. The van der Waals surface area contributed by atoms with Gasteiger partial charge in [0.1, 0.15) is 11.6 Å². The van der Waals surface area contributed by atoms with Crippen LogP contribution in [0.2, 0.25) is 0 Å². The van der Waals surface area contributed by atoms with Crippen LogP contribution in [0.25, 0.3) is 0 Å². The molecule has 0 saturated carbocycles. The van der Waals surface area contributed by atoms with Crippen LogP contribution >= 0.6 is 0 Å². The second kappa shape index (κ2) is 7.95. The van der Waals surface area contributed by atoms with Gasteiger partial charge in [0.25, 0.3) is 0 Å². The van der Waals surface area contributed by atoms with Gasteiger partial charge in [-0.2, -0.15) is 0 Å². The summed E-state index contributed by atoms with van der Waals surface area (Å²) in [6.07, 6.45) is 3.32. The molecule has 0 bridgehead atoms. The number of halogens is 1. The van der Waals surface area contributed by atoms with E-state index >= 15 is 0 Å². The molecule has 0 aliphatic carbocycles. The second-order valence-electron chi connectivity index (χ2n) is 7.87. The summed E-state index contributed by atoms with van der Waals surface area (Å²) < 4.78 is 24.7. The van der Waals surface area contributed by atoms with Gasteiger partial charge in [0.05, 0.1) is 6.61 Å². The van der Waals surface area contributed by atoms with Crippen molar-refractivity contribution in [3.63, 3.8) is 0 Å². The number of piperidine rings is 1. The molecule has 0 aromatic heterocycles. The van der Waals surface area contributed by atoms with Crippen LogP contribution in [0.1, 0.15) is 30.4 Å². The van der Waals surface area contributed by atoms with Crippen molar-refractivity contribution in [3.05, 3.63) is 29.1 Å². The minimum atomic E-state index is -0.274. The number of ether oxygens (including phenoxy) is 2. The Labute approximate surface area is 164 Å². The minimum Gasteiger partial charge on any atom is -0.467 e. The molecule has 1 unspecified atom stereocenters. The number of fused-ring (bicyclic) bond motifs is 1. The maximum atomic E-state index is 13.9. The molecular formula is C20H27FN4O3. The normalized spacial score (nSPS) is 24.7. The van der Waals surface area contributed by atoms with Crippen LogP contribution in [-0.2, 0) is 22.6 Å². The monoisotopic (exact) mass is 390 g/mol. The number of likely N-dealkylation sites (tertiary alicyclic amines) is 1. The van der Waals surface area contributed by atoms with E-state index in [2.05, 4.69) is 20.5 Å². The van der Waals surface area contributed by atoms with Crippen molar-refractivity contribution in [1.82, 2.24) is 15.5 Å². The van der Waals surface area contributed by atoms with Crippen molar-refractivity contribution in [1.29, 1.82) is 0 Å². The number of guanidine groups is 1. The maximum Gasteiger partial charge on any atom is 0.220 e. The van der Waals surface area contributed by atoms with Crippen LogP contribution in [-0.4, -0.2) is 56.8 Å². The van der Waals surface area contributed by atoms with Gasteiger partial charge in [-0.3, -0.25) is 9.79 Å². The first-order valence-electron chi connectivity index (χ1n) is 9.83. The molecule has 1 aromatic rings. The Balaban J connectivity index is 1.38. The van der Waals surface area contributed by atoms with Gasteiger partial charge in [0.15, 0.2) is 12.8 Å². The van der Waals surface area contributed by atoms with E-state index in [0.29, 0.717) is 26.0 Å². The fourth-order valence-electron chi connectivity index (χ4n) is 4.51. The third kappa shape index (κ3) is 3.92. The largest absolute Gasteiger partial charge is 0.467 e. The maximum absolute atomic E-state index is 13.9. The summed E-state index contributed by atoms with van der Waals surface area (Å²) in [5, 5.41) is 6.36. The summed E-state index contributed by atoms with van der Waals surface area (Å²) >= 11 is 0. The quantitative estimate of drug-likeness (QED) is 0.603. The Morgan fingerprint density at radius 3 is 3.14 bits per heavy atom. The lowest BCUT2D eigenvalue weighted by Gasteiger charge is -2.40. The standard InChI is InChI=1S/C20H27FN4O3/c1-22-19(25-6-2-4-20(12-25)9-17(26)24-11-20)23-5-3-14-7-16(21)8-15-10-27-13-28-18(14)15/h7-8H,2-6,9-13H2,1H3,(H,22,23)(H,24,26). The lowest BCUT2D eigenvalue weighted by molar-refractivity contribution is -0.119. The van der Waals surface area contributed by atoms with E-state index in [-0.39, 0.29) is 23.9 Å². The molecule has 3 aliphatic rings. The zero-order valence-electron chi connectivity index (χ0n) is 16.2. The number of hydrogen-bond donors (Lipinski definition) is 2. The van der Waals surface area contributed by atoms with Gasteiger partial charge in [-0.1, -0.05) is 0 Å². The molecule has 1 atom stereocenters. The SMILES string of the molecule is CN=C(NCCc1cc(F)cc2c1OCOC2)N1CCCC2(CNC(=O)C2)C1. The van der Waals surface area contributed by atoms with Gasteiger partial charge in [-0.15, -0.1) is 0 Å². The van der Waals surface area contributed by atoms with Crippen molar-refractivity contribution in [2.24, 2.45) is 10.4 Å². The fraction of sp³-hybridized carbons (Fsp3) is 0.600. The Kier molecular flexibility index (Phi) is 5.39. The van der Waals surface area contributed by atoms with Crippen molar-refractivity contribution in [2.45, 2.75) is 32.3 Å². The first-order valence-corrected chi connectivity index (χ1v) is 9.83. The van der Waals surface area contributed by atoms with Gasteiger partial charge in [0, 0.05) is 50.6 Å². The minimum absolute atomic E-state index is 0.0163. The smallest absolute Gasteiger partial charge is 0.220 e. The summed E-state index contributed by atoms with van der Waals surface area (Å²) in [5.74, 6) is 1.43. The van der Waals surface area contributed by atoms with E-state index in [1.54, 1.807) is 7.05 Å². The summed E-state index contributed by atoms with van der Waals surface area (Å²) in [6.45, 7) is 3.68. The Morgan fingerprint density at radius 1 is 1.46 bits per heavy atom. The summed E-state index contributed by atoms with van der Waals surface area (Å²) in [4.78, 5) is 18.4. The molecule has 1 aromatic carbocycles. The third-order valence-electron chi connectivity index (χ3n) is 5.80. The summed E-state index contributed by atoms with van der Waals surface area (Å²) in [6, 6.07) is 2.99. The first kappa shape index (κ1) is 19.0. The van der Waals surface area contributed by atoms with Crippen LogP contribution in [0, 0.1) is 11.2 Å². The van der Waals surface area contributed by atoms with E-state index in [1.807, 2.05) is 0 Å². The molecule has 0 radical (unpaired) electrons. The highest BCUT2D eigenvalue weighted by molar-refractivity contribution is 5.81. The second-order valence-corrected chi connectivity index (χ2v) is 7.87. The van der Waals surface area contributed by atoms with Crippen molar-refractivity contribution < 1.29 is 18.7 Å². The third-order valence-corrected chi connectivity index (χ3v) is 5.80. The molecule has 152 valence electrons. The lowest BCUT2D eigenvalue weighted by Crippen LogP contribution is -2.51. The molecule has 2 saturated heterocycles. The van der Waals surface area contributed by atoms with E-state index in [9.17, 15) is 9.18 Å². The molecular weight excluding hydrogens is 363 g/mol. The van der Waals surface area contributed by atoms with Crippen LogP contribution in [0.5, 0.6) is 5.75 Å². The van der Waals surface area contributed by atoms with Gasteiger partial charge in [-0.25, -0.2) is 4.39 Å². The topological polar surface area (TPSA) is 75.2 Å². The number of carbonyl (C=O) groups excluding carboxylic acids is 1. The van der Waals surface area contributed by atoms with E-state index < -0.39 is 0 Å². The van der Waals surface area contributed by atoms with Crippen LogP contribution in [0.15, 0.2) is 17.1 Å². The van der Waals surface area contributed by atoms with Gasteiger partial charge in [-0.05, 0) is 37.0 Å². The highest BCUT2D eigenvalue weighted by Crippen LogP contribution is 2.36. The number of hydrogen-bond acceptors (Lipinski definition) is 4. The Hall–Kier alpha value is -2.35. The highest BCUT2D eigenvalue weighted by Gasteiger charge is 2.42. The zero-order valence-corrected chi connectivity index (χ0v) is 16.2. The average molecular weight is 390 g/mol. The zero-order chi connectivity index (χ0) is 19.6. The summed E-state index contributed by atoms with van der Waals surface area (Å²) in [5.41, 5.74) is 1.60. The van der Waals surface area contributed by atoms with E-state index in [4.69, 9.17) is 9.47 Å². The Morgan fingerprint density at radius 2 is 2.36 bits per heavy atom. The molecule has 2 fully saturated rings. The molecule has 2 N–H and O–H groups in total. The number of nitrogens with one attached hydrogen (secondary N) is 2. The molecule has 28 heavy (non-hydrogen) atoms. The van der Waals surface area contributed by atoms with Crippen LogP contribution in [0.4, 0.5) is 4.39 Å². The predicted molar refractivity (Wildman–Crippen MR) is 103 cm³/mol. The number of benzene rings is 1. The summed E-state index contributed by atoms with van der Waals surface area (Å²) in [7, 11) is 1.77. The van der Waals surface area contributed by atoms with Crippen molar-refractivity contribution in [3.8, 4) is 5.75 Å². The van der Waals surface area contributed by atoms with Crippen molar-refractivity contribution in [2.75, 3.05) is 40.0 Å². The number of nitrogens with zero attached hydrogens (tertiary/aromatic N) is 2. The molecule has 3 aliphatic heterocycles. The van der Waals surface area contributed by atoms with E-state index in [1.165, 1.54) is 12.1 Å². The first-order chi connectivity index (χ1) is 13.6. The van der Waals surface area contributed by atoms with Gasteiger partial charge < -0.3 is 25.0 Å². The van der Waals surface area contributed by atoms with Crippen LogP contribution < -0.4 is 15.4 Å². The predicted octanol–water partition coefficient (Wildman–Crippen LogP) is 1.41. The van der Waals surface area contributed by atoms with Crippen molar-refractivity contribution >= 4 is 11.9 Å². The van der Waals surface area contributed by atoms with Gasteiger partial charge >= 0.3 is 0 Å². The molecule has 1 amide bonds. The molecule has 4 rings (SSSR count). The molecule has 3 heterocycles. The number of amides is 1. The number of aliphatic imine (C=N–C) groups is 1. The molecule has 8 heteroatoms. The molecule has 1 spiro atoms. The number of carbonyl (C=O) groups is 1.